The van der Waals surface area contributed by atoms with Crippen molar-refractivity contribution in [3.63, 3.8) is 0 Å². The molecule has 3 aromatic carbocycles. The van der Waals surface area contributed by atoms with Crippen LogP contribution in [0.2, 0.25) is 5.02 Å². The van der Waals surface area contributed by atoms with Crippen molar-refractivity contribution in [2.24, 2.45) is 0 Å². The van der Waals surface area contributed by atoms with Crippen LogP contribution in [0.1, 0.15) is 33.3 Å². The monoisotopic (exact) mass is 519 g/mol. The lowest BCUT2D eigenvalue weighted by Gasteiger charge is -2.16. The van der Waals surface area contributed by atoms with Crippen molar-refractivity contribution in [2.75, 3.05) is 6.54 Å². The van der Waals surface area contributed by atoms with E-state index in [-0.39, 0.29) is 18.1 Å². The van der Waals surface area contributed by atoms with Gasteiger partial charge in [0.1, 0.15) is 23.4 Å². The summed E-state index contributed by atoms with van der Waals surface area (Å²) in [5.41, 5.74) is 3.91. The van der Waals surface area contributed by atoms with Crippen molar-refractivity contribution in [2.45, 2.75) is 30.9 Å². The minimum atomic E-state index is -0.557. The largest absolute Gasteiger partial charge is 0.487 e. The third-order valence-corrected chi connectivity index (χ3v) is 6.94. The predicted molar refractivity (Wildman–Crippen MR) is 138 cm³/mol. The second-order valence-corrected chi connectivity index (χ2v) is 9.65. The van der Waals surface area contributed by atoms with Gasteiger partial charge >= 0.3 is 0 Å². The molecule has 1 aromatic heterocycles. The summed E-state index contributed by atoms with van der Waals surface area (Å²) in [5.74, 6) is 1.11. The summed E-state index contributed by atoms with van der Waals surface area (Å²) < 4.78 is 7.73. The number of benzene rings is 3. The van der Waals surface area contributed by atoms with Gasteiger partial charge < -0.3 is 4.74 Å². The molecule has 4 aromatic rings. The maximum absolute atomic E-state index is 11.5. The molecule has 182 valence electrons. The van der Waals surface area contributed by atoms with Gasteiger partial charge in [0.2, 0.25) is 6.54 Å². The Hall–Kier alpha value is -3.87. The van der Waals surface area contributed by atoms with Gasteiger partial charge in [-0.05, 0) is 55.3 Å². The molecule has 0 saturated carbocycles. The highest BCUT2D eigenvalue weighted by Crippen LogP contribution is 2.38. The summed E-state index contributed by atoms with van der Waals surface area (Å²) in [6.07, 6.45) is 0. The normalized spacial score (nSPS) is 11.6. The zero-order valence-corrected chi connectivity index (χ0v) is 21.2. The number of thioether (sulfide) groups is 1. The van der Waals surface area contributed by atoms with E-state index in [1.54, 1.807) is 30.3 Å². The van der Waals surface area contributed by atoms with Gasteiger partial charge in [-0.25, -0.2) is 0 Å². The molecule has 4 rings (SSSR count). The Labute approximate surface area is 217 Å². The average molecular weight is 520 g/mol. The number of halogens is 1. The predicted octanol–water partition coefficient (Wildman–Crippen LogP) is 6.10. The molecule has 1 atom stereocenters. The van der Waals surface area contributed by atoms with Crippen LogP contribution >= 0.6 is 23.4 Å². The van der Waals surface area contributed by atoms with Crippen molar-refractivity contribution in [3.8, 4) is 17.5 Å². The van der Waals surface area contributed by atoms with Crippen molar-refractivity contribution in [1.82, 2.24) is 14.8 Å². The van der Waals surface area contributed by atoms with Crippen molar-refractivity contribution in [1.29, 1.82) is 5.26 Å². The summed E-state index contributed by atoms with van der Waals surface area (Å²) in [7, 11) is 0. The Morgan fingerprint density at radius 3 is 2.67 bits per heavy atom. The molecule has 0 spiro atoms. The first kappa shape index (κ1) is 25.2. The van der Waals surface area contributed by atoms with E-state index < -0.39 is 5.25 Å². The standard InChI is InChI=1S/C26H22ClN5O3S/c1-17-6-5-9-22(12-17)32-18(2)29-30-26(32)36-25(15-31(33)34)19-10-11-24(23(27)13-19)35-16-21-8-4-3-7-20(21)14-28/h3-13,25H,15-16H2,1-2H3/t25-/m1/s1. The van der Waals surface area contributed by atoms with Crippen LogP contribution in [0.5, 0.6) is 5.75 Å². The topological polar surface area (TPSA) is 107 Å². The van der Waals surface area contributed by atoms with Crippen LogP contribution in [-0.2, 0) is 6.61 Å². The minimum absolute atomic E-state index is 0.175. The summed E-state index contributed by atoms with van der Waals surface area (Å²) >= 11 is 7.76. The Kier molecular flexibility index (Phi) is 7.88. The van der Waals surface area contributed by atoms with Crippen LogP contribution in [0.15, 0.2) is 71.9 Å². The average Bonchev–Trinajstić information content (AvgIpc) is 3.22. The first-order valence-electron chi connectivity index (χ1n) is 11.0. The van der Waals surface area contributed by atoms with E-state index in [0.717, 1.165) is 16.8 Å². The van der Waals surface area contributed by atoms with Gasteiger partial charge in [-0.2, -0.15) is 5.26 Å². The van der Waals surface area contributed by atoms with Gasteiger partial charge in [0, 0.05) is 16.2 Å². The fourth-order valence-electron chi connectivity index (χ4n) is 3.70. The highest BCUT2D eigenvalue weighted by molar-refractivity contribution is 7.99. The number of ether oxygens (including phenoxy) is 1. The molecule has 0 unspecified atom stereocenters. The molecule has 0 aliphatic rings. The number of aromatic nitrogens is 3. The highest BCUT2D eigenvalue weighted by Gasteiger charge is 2.24. The first-order valence-corrected chi connectivity index (χ1v) is 12.3. The lowest BCUT2D eigenvalue weighted by Crippen LogP contribution is -2.11. The molecule has 0 aliphatic heterocycles. The molecule has 1 heterocycles. The quantitative estimate of drug-likeness (QED) is 0.149. The molecule has 0 radical (unpaired) electrons. The molecule has 0 fully saturated rings. The number of nitrogens with zero attached hydrogens (tertiary/aromatic N) is 5. The van der Waals surface area contributed by atoms with E-state index in [2.05, 4.69) is 16.3 Å². The Morgan fingerprint density at radius 2 is 1.94 bits per heavy atom. The van der Waals surface area contributed by atoms with Crippen LogP contribution in [-0.4, -0.2) is 26.2 Å². The van der Waals surface area contributed by atoms with E-state index in [1.807, 2.05) is 54.8 Å². The van der Waals surface area contributed by atoms with E-state index in [0.29, 0.717) is 32.9 Å². The van der Waals surface area contributed by atoms with Gasteiger partial charge in [0.25, 0.3) is 0 Å². The van der Waals surface area contributed by atoms with Gasteiger partial charge in [0.15, 0.2) is 5.16 Å². The Morgan fingerprint density at radius 1 is 1.14 bits per heavy atom. The zero-order chi connectivity index (χ0) is 25.7. The van der Waals surface area contributed by atoms with Crippen LogP contribution < -0.4 is 4.74 Å². The number of nitriles is 1. The summed E-state index contributed by atoms with van der Waals surface area (Å²) in [6, 6.07) is 22.3. The zero-order valence-electron chi connectivity index (χ0n) is 19.6. The number of rotatable bonds is 9. The maximum atomic E-state index is 11.5. The van der Waals surface area contributed by atoms with Gasteiger partial charge in [0.05, 0.1) is 16.7 Å². The molecule has 8 nitrogen and oxygen atoms in total. The molecule has 0 aliphatic carbocycles. The fraction of sp³-hybridized carbons (Fsp3) is 0.192. The lowest BCUT2D eigenvalue weighted by atomic mass is 10.1. The fourth-order valence-corrected chi connectivity index (χ4v) is 5.11. The Balaban J connectivity index is 1.59. The molecular formula is C26H22ClN5O3S. The van der Waals surface area contributed by atoms with E-state index >= 15 is 0 Å². The Bertz CT molecular complexity index is 1450. The second kappa shape index (κ2) is 11.2. The van der Waals surface area contributed by atoms with Crippen LogP contribution in [0.25, 0.3) is 5.69 Å². The number of aryl methyl sites for hydroxylation is 2. The van der Waals surface area contributed by atoms with Crippen LogP contribution in [0, 0.1) is 35.3 Å². The van der Waals surface area contributed by atoms with Crippen molar-refractivity contribution < 1.29 is 9.66 Å². The van der Waals surface area contributed by atoms with Crippen molar-refractivity contribution in [3.05, 3.63) is 110 Å². The molecule has 0 saturated heterocycles. The lowest BCUT2D eigenvalue weighted by molar-refractivity contribution is -0.479. The van der Waals surface area contributed by atoms with E-state index in [9.17, 15) is 15.4 Å². The molecule has 0 amide bonds. The first-order chi connectivity index (χ1) is 17.4. The smallest absolute Gasteiger partial charge is 0.220 e. The molecule has 36 heavy (non-hydrogen) atoms. The molecule has 0 bridgehead atoms. The number of hydrogen-bond acceptors (Lipinski definition) is 7. The summed E-state index contributed by atoms with van der Waals surface area (Å²) in [6.45, 7) is 3.69. The SMILES string of the molecule is Cc1cccc(-n2c(C)nnc2S[C@H](C[N+](=O)[O-])c2ccc(OCc3ccccc3C#N)c(Cl)c2)c1. The van der Waals surface area contributed by atoms with E-state index in [1.165, 1.54) is 11.8 Å². The van der Waals surface area contributed by atoms with Gasteiger partial charge in [-0.15, -0.1) is 10.2 Å². The van der Waals surface area contributed by atoms with Gasteiger partial charge in [-0.3, -0.25) is 14.7 Å². The summed E-state index contributed by atoms with van der Waals surface area (Å²) in [5, 5.41) is 29.6. The summed E-state index contributed by atoms with van der Waals surface area (Å²) in [4.78, 5) is 11.2. The maximum Gasteiger partial charge on any atom is 0.220 e. The molecule has 0 N–H and O–H groups in total. The van der Waals surface area contributed by atoms with Crippen LogP contribution in [0.4, 0.5) is 0 Å². The highest BCUT2D eigenvalue weighted by atomic mass is 35.5. The number of hydrogen-bond donors (Lipinski definition) is 0. The third kappa shape index (κ3) is 5.85. The second-order valence-electron chi connectivity index (χ2n) is 8.07. The van der Waals surface area contributed by atoms with Crippen molar-refractivity contribution >= 4 is 23.4 Å². The molecule has 10 heteroatoms. The third-order valence-electron chi connectivity index (χ3n) is 5.47. The molecular weight excluding hydrogens is 498 g/mol. The van der Waals surface area contributed by atoms with Crippen LogP contribution in [0.3, 0.4) is 0 Å². The van der Waals surface area contributed by atoms with E-state index in [4.69, 9.17) is 16.3 Å². The minimum Gasteiger partial charge on any atom is -0.487 e. The number of nitro groups is 1. The van der Waals surface area contributed by atoms with Gasteiger partial charge in [-0.1, -0.05) is 59.8 Å².